The zero-order chi connectivity index (χ0) is 22.4. The molecule has 0 N–H and O–H groups in total. The number of amides is 2. The fourth-order valence-electron chi connectivity index (χ4n) is 3.09. The fourth-order valence-corrected chi connectivity index (χ4v) is 3.09. The average molecular weight is 422 g/mol. The van der Waals surface area contributed by atoms with Gasteiger partial charge in [0.2, 0.25) is 0 Å². The van der Waals surface area contributed by atoms with Crippen LogP contribution in [0, 0.1) is 0 Å². The Morgan fingerprint density at radius 1 is 1.10 bits per heavy atom. The van der Waals surface area contributed by atoms with Crippen molar-refractivity contribution in [1.29, 1.82) is 0 Å². The van der Waals surface area contributed by atoms with Gasteiger partial charge < -0.3 is 19.3 Å². The lowest BCUT2D eigenvalue weighted by atomic mass is 10.1. The summed E-state index contributed by atoms with van der Waals surface area (Å²) in [6, 6.07) is 12.8. The second-order valence-electron chi connectivity index (χ2n) is 6.98. The molecule has 2 aromatic carbocycles. The van der Waals surface area contributed by atoms with Gasteiger partial charge in [0.15, 0.2) is 23.8 Å². The van der Waals surface area contributed by atoms with Crippen molar-refractivity contribution in [3.8, 4) is 11.5 Å². The van der Waals surface area contributed by atoms with E-state index >= 15 is 0 Å². The first kappa shape index (κ1) is 22.0. The van der Waals surface area contributed by atoms with Crippen molar-refractivity contribution in [3.63, 3.8) is 0 Å². The molecule has 0 radical (unpaired) electrons. The number of anilines is 1. The SMILES string of the molecule is CCOc1cc(/C=N\N=C2/C(=O)N(CC)c3ccccc32)ccc1OCC(=O)N(C)C. The third-order valence-electron chi connectivity index (χ3n) is 4.70. The second kappa shape index (κ2) is 9.88. The number of ether oxygens (including phenoxy) is 2. The van der Waals surface area contributed by atoms with Crippen molar-refractivity contribution in [2.75, 3.05) is 38.8 Å². The molecule has 0 unspecified atom stereocenters. The highest BCUT2D eigenvalue weighted by Crippen LogP contribution is 2.29. The Balaban J connectivity index is 1.80. The summed E-state index contributed by atoms with van der Waals surface area (Å²) in [6.45, 7) is 4.72. The van der Waals surface area contributed by atoms with E-state index in [1.54, 1.807) is 43.4 Å². The summed E-state index contributed by atoms with van der Waals surface area (Å²) in [7, 11) is 3.34. The van der Waals surface area contributed by atoms with Gasteiger partial charge in [0.25, 0.3) is 11.8 Å². The minimum Gasteiger partial charge on any atom is -0.490 e. The van der Waals surface area contributed by atoms with Crippen LogP contribution in [-0.4, -0.2) is 62.5 Å². The molecule has 1 aliphatic heterocycles. The molecule has 2 aromatic rings. The second-order valence-corrected chi connectivity index (χ2v) is 6.98. The molecule has 0 saturated heterocycles. The number of hydrogen-bond acceptors (Lipinski definition) is 6. The Kier molecular flexibility index (Phi) is 7.02. The van der Waals surface area contributed by atoms with Crippen LogP contribution in [0.5, 0.6) is 11.5 Å². The molecule has 0 atom stereocenters. The molecular weight excluding hydrogens is 396 g/mol. The summed E-state index contributed by atoms with van der Waals surface area (Å²) in [5, 5.41) is 8.32. The largest absolute Gasteiger partial charge is 0.490 e. The predicted molar refractivity (Wildman–Crippen MR) is 120 cm³/mol. The minimum atomic E-state index is -0.162. The predicted octanol–water partition coefficient (Wildman–Crippen LogP) is 2.74. The van der Waals surface area contributed by atoms with Gasteiger partial charge in [-0.15, -0.1) is 5.10 Å². The molecule has 0 aromatic heterocycles. The molecule has 0 fully saturated rings. The van der Waals surface area contributed by atoms with E-state index in [-0.39, 0.29) is 18.4 Å². The zero-order valence-corrected chi connectivity index (χ0v) is 18.2. The smallest absolute Gasteiger partial charge is 0.279 e. The number of rotatable bonds is 8. The summed E-state index contributed by atoms with van der Waals surface area (Å²) in [6.07, 6.45) is 1.55. The first-order chi connectivity index (χ1) is 15.0. The minimum absolute atomic E-state index is 0.0797. The third-order valence-corrected chi connectivity index (χ3v) is 4.70. The number of benzene rings is 2. The number of carbonyl (C=O) groups is 2. The van der Waals surface area contributed by atoms with E-state index in [9.17, 15) is 9.59 Å². The van der Waals surface area contributed by atoms with E-state index in [2.05, 4.69) is 10.2 Å². The lowest BCUT2D eigenvalue weighted by Gasteiger charge is -2.14. The van der Waals surface area contributed by atoms with Gasteiger partial charge in [-0.2, -0.15) is 5.10 Å². The van der Waals surface area contributed by atoms with E-state index in [0.29, 0.717) is 30.4 Å². The standard InChI is InChI=1S/C23H26N4O4/c1-5-27-18-10-8-7-9-17(18)22(23(27)29)25-24-14-16-11-12-19(20(13-16)30-6-2)31-15-21(28)26(3)4/h7-14H,5-6,15H2,1-4H3/b24-14-,25-22-. The molecule has 31 heavy (non-hydrogen) atoms. The van der Waals surface area contributed by atoms with Gasteiger partial charge in [-0.1, -0.05) is 18.2 Å². The Labute approximate surface area is 181 Å². The van der Waals surface area contributed by atoms with Crippen LogP contribution in [0.15, 0.2) is 52.7 Å². The van der Waals surface area contributed by atoms with E-state index in [1.807, 2.05) is 38.1 Å². The summed E-state index contributed by atoms with van der Waals surface area (Å²) >= 11 is 0. The number of nitrogens with zero attached hydrogens (tertiary/aromatic N) is 4. The molecular formula is C23H26N4O4. The maximum absolute atomic E-state index is 12.6. The first-order valence-electron chi connectivity index (χ1n) is 10.1. The van der Waals surface area contributed by atoms with Crippen LogP contribution >= 0.6 is 0 Å². The van der Waals surface area contributed by atoms with E-state index in [1.165, 1.54) is 4.90 Å². The van der Waals surface area contributed by atoms with Crippen molar-refractivity contribution >= 4 is 29.4 Å². The molecule has 1 heterocycles. The quantitative estimate of drug-likeness (QED) is 0.484. The number of fused-ring (bicyclic) bond motifs is 1. The molecule has 8 heteroatoms. The zero-order valence-electron chi connectivity index (χ0n) is 18.2. The summed E-state index contributed by atoms with van der Waals surface area (Å²) in [4.78, 5) is 27.6. The number of hydrogen-bond donors (Lipinski definition) is 0. The lowest BCUT2D eigenvalue weighted by Crippen LogP contribution is -2.29. The molecule has 8 nitrogen and oxygen atoms in total. The van der Waals surface area contributed by atoms with Crippen LogP contribution in [0.25, 0.3) is 0 Å². The number of likely N-dealkylation sites (N-methyl/N-ethyl adjacent to an activating group) is 2. The highest BCUT2D eigenvalue weighted by molar-refractivity contribution is 6.54. The third kappa shape index (κ3) is 4.91. The average Bonchev–Trinajstić information content (AvgIpc) is 3.04. The monoisotopic (exact) mass is 422 g/mol. The Hall–Kier alpha value is -3.68. The highest BCUT2D eigenvalue weighted by Gasteiger charge is 2.32. The summed E-state index contributed by atoms with van der Waals surface area (Å²) in [5.41, 5.74) is 2.67. The van der Waals surface area contributed by atoms with Crippen LogP contribution < -0.4 is 14.4 Å². The molecule has 3 rings (SSSR count). The molecule has 0 aliphatic carbocycles. The van der Waals surface area contributed by atoms with Crippen LogP contribution in [-0.2, 0) is 9.59 Å². The van der Waals surface area contributed by atoms with Crippen LogP contribution in [0.1, 0.15) is 25.0 Å². The van der Waals surface area contributed by atoms with Gasteiger partial charge in [0.1, 0.15) is 0 Å². The topological polar surface area (TPSA) is 83.8 Å². The first-order valence-corrected chi connectivity index (χ1v) is 10.1. The van der Waals surface area contributed by atoms with Crippen molar-refractivity contribution in [3.05, 3.63) is 53.6 Å². The van der Waals surface area contributed by atoms with Crippen molar-refractivity contribution < 1.29 is 19.1 Å². The highest BCUT2D eigenvalue weighted by atomic mass is 16.5. The van der Waals surface area contributed by atoms with Crippen LogP contribution in [0.3, 0.4) is 0 Å². The van der Waals surface area contributed by atoms with Crippen molar-refractivity contribution in [2.45, 2.75) is 13.8 Å². The summed E-state index contributed by atoms with van der Waals surface area (Å²) in [5.74, 6) is 0.667. The van der Waals surface area contributed by atoms with E-state index in [4.69, 9.17) is 9.47 Å². The van der Waals surface area contributed by atoms with Gasteiger partial charge in [-0.05, 0) is 43.7 Å². The van der Waals surface area contributed by atoms with Crippen LogP contribution in [0.4, 0.5) is 5.69 Å². The molecule has 0 saturated carbocycles. The molecule has 1 aliphatic rings. The van der Waals surface area contributed by atoms with Gasteiger partial charge >= 0.3 is 0 Å². The fraction of sp³-hybridized carbons (Fsp3) is 0.304. The van der Waals surface area contributed by atoms with E-state index < -0.39 is 0 Å². The molecule has 2 amide bonds. The van der Waals surface area contributed by atoms with Crippen LogP contribution in [0.2, 0.25) is 0 Å². The van der Waals surface area contributed by atoms with Gasteiger partial charge in [-0.25, -0.2) is 0 Å². The van der Waals surface area contributed by atoms with E-state index in [0.717, 1.165) is 16.8 Å². The number of carbonyl (C=O) groups excluding carboxylic acids is 2. The van der Waals surface area contributed by atoms with Crippen molar-refractivity contribution in [2.24, 2.45) is 10.2 Å². The lowest BCUT2D eigenvalue weighted by molar-refractivity contribution is -0.130. The normalized spacial score (nSPS) is 14.3. The van der Waals surface area contributed by atoms with Crippen molar-refractivity contribution in [1.82, 2.24) is 4.90 Å². The molecule has 162 valence electrons. The Morgan fingerprint density at radius 3 is 2.58 bits per heavy atom. The summed E-state index contributed by atoms with van der Waals surface area (Å²) < 4.78 is 11.2. The molecule has 0 bridgehead atoms. The Bertz CT molecular complexity index is 1030. The molecule has 0 spiro atoms. The number of para-hydroxylation sites is 1. The van der Waals surface area contributed by atoms with Gasteiger partial charge in [0.05, 0.1) is 18.5 Å². The maximum Gasteiger partial charge on any atom is 0.279 e. The van der Waals surface area contributed by atoms with Gasteiger partial charge in [0, 0.05) is 26.2 Å². The Morgan fingerprint density at radius 2 is 1.87 bits per heavy atom. The maximum atomic E-state index is 12.6. The van der Waals surface area contributed by atoms with Gasteiger partial charge in [-0.3, -0.25) is 9.59 Å².